The normalized spacial score (nSPS) is 13.5. The van der Waals surface area contributed by atoms with Crippen LogP contribution in [-0.2, 0) is 30.3 Å². The summed E-state index contributed by atoms with van der Waals surface area (Å²) >= 11 is 4.25. The fourth-order valence-electron chi connectivity index (χ4n) is 4.07. The van der Waals surface area contributed by atoms with E-state index < -0.39 is 53.2 Å². The van der Waals surface area contributed by atoms with E-state index in [4.69, 9.17) is 15.9 Å². The molecule has 0 saturated carbocycles. The fraction of sp³-hybridized carbons (Fsp3) is 0.438. The smallest absolute Gasteiger partial charge is 0.408 e. The van der Waals surface area contributed by atoms with Gasteiger partial charge in [-0.15, -0.1) is 6.42 Å². The molecule has 2 aromatic rings. The Labute approximate surface area is 254 Å². The summed E-state index contributed by atoms with van der Waals surface area (Å²) in [7, 11) is 1.42. The second-order valence-corrected chi connectivity index (χ2v) is 12.1. The zero-order chi connectivity index (χ0) is 31.7. The van der Waals surface area contributed by atoms with E-state index in [9.17, 15) is 19.2 Å². The van der Waals surface area contributed by atoms with Crippen molar-refractivity contribution in [1.82, 2.24) is 15.5 Å². The maximum atomic E-state index is 14.0. The molecule has 42 heavy (non-hydrogen) atoms. The maximum Gasteiger partial charge on any atom is 0.408 e. The first-order valence-electron chi connectivity index (χ1n) is 13.6. The molecule has 2 aromatic carbocycles. The number of benzene rings is 2. The predicted octanol–water partition coefficient (Wildman–Crippen LogP) is 4.06. The van der Waals surface area contributed by atoms with Gasteiger partial charge in [-0.2, -0.15) is 12.6 Å². The largest absolute Gasteiger partial charge is 0.458 e. The molecule has 0 aliphatic rings. The van der Waals surface area contributed by atoms with Gasteiger partial charge in [0.05, 0.1) is 0 Å². The van der Waals surface area contributed by atoms with E-state index in [0.29, 0.717) is 11.1 Å². The minimum atomic E-state index is -1.26. The van der Waals surface area contributed by atoms with E-state index >= 15 is 0 Å². The van der Waals surface area contributed by atoms with Crippen LogP contribution in [0.5, 0.6) is 0 Å². The standard InChI is InChI=1S/C32H41N3O6S/c1-9-22-17-13-14-18-23(22)26(35(8)28(37)25(20-42)34-30(39)41-32(5,6)7)27(36)33-24(29(38)40-31(2,3)4)19-21-15-11-10-12-16-21/h1,10-18,24-26,42H,19-20H2,2-8H3,(H,33,36)(H,34,39). The van der Waals surface area contributed by atoms with Gasteiger partial charge >= 0.3 is 12.1 Å². The Balaban J connectivity index is 2.48. The third kappa shape index (κ3) is 10.5. The van der Waals surface area contributed by atoms with Crippen LogP contribution in [0, 0.1) is 12.3 Å². The monoisotopic (exact) mass is 595 g/mol. The van der Waals surface area contributed by atoms with Crippen LogP contribution in [0.3, 0.4) is 0 Å². The van der Waals surface area contributed by atoms with Gasteiger partial charge in [0.2, 0.25) is 11.8 Å². The van der Waals surface area contributed by atoms with Gasteiger partial charge < -0.3 is 25.0 Å². The SMILES string of the molecule is C#Cc1ccccc1C(C(=O)NC(Cc1ccccc1)C(=O)OC(C)(C)C)N(C)C(=O)C(CS)NC(=O)OC(C)(C)C. The van der Waals surface area contributed by atoms with E-state index in [1.807, 2.05) is 30.3 Å². The van der Waals surface area contributed by atoms with E-state index in [-0.39, 0.29) is 12.2 Å². The van der Waals surface area contributed by atoms with Crippen molar-refractivity contribution in [2.24, 2.45) is 0 Å². The lowest BCUT2D eigenvalue weighted by molar-refractivity contribution is -0.159. The lowest BCUT2D eigenvalue weighted by Crippen LogP contribution is -2.54. The quantitative estimate of drug-likeness (QED) is 0.217. The molecule has 0 aliphatic heterocycles. The average Bonchev–Trinajstić information content (AvgIpc) is 2.90. The highest BCUT2D eigenvalue weighted by molar-refractivity contribution is 7.80. The van der Waals surface area contributed by atoms with Gasteiger partial charge in [0, 0.05) is 24.8 Å². The highest BCUT2D eigenvalue weighted by atomic mass is 32.1. The molecule has 0 aliphatic carbocycles. The van der Waals surface area contributed by atoms with Crippen LogP contribution in [0.2, 0.25) is 0 Å². The van der Waals surface area contributed by atoms with E-state index in [2.05, 4.69) is 29.2 Å². The number of carbonyl (C=O) groups is 4. The molecule has 0 spiro atoms. The van der Waals surface area contributed by atoms with Crippen LogP contribution in [0.1, 0.15) is 64.3 Å². The number of nitrogens with zero attached hydrogens (tertiary/aromatic N) is 1. The molecule has 9 nitrogen and oxygen atoms in total. The lowest BCUT2D eigenvalue weighted by Gasteiger charge is -2.33. The number of carbonyl (C=O) groups excluding carboxylic acids is 4. The van der Waals surface area contributed by atoms with Gasteiger partial charge in [-0.25, -0.2) is 9.59 Å². The van der Waals surface area contributed by atoms with Crippen molar-refractivity contribution in [3.8, 4) is 12.3 Å². The Hall–Kier alpha value is -3.97. The number of thiol groups is 1. The number of nitrogens with one attached hydrogen (secondary N) is 2. The molecule has 0 heterocycles. The number of hydrogen-bond acceptors (Lipinski definition) is 7. The molecule has 0 radical (unpaired) electrons. The number of terminal acetylenes is 1. The number of esters is 1. The van der Waals surface area contributed by atoms with Crippen LogP contribution in [0.15, 0.2) is 54.6 Å². The summed E-state index contributed by atoms with van der Waals surface area (Å²) in [5.74, 6) is 0.595. The number of rotatable bonds is 10. The third-order valence-electron chi connectivity index (χ3n) is 5.86. The molecular weight excluding hydrogens is 554 g/mol. The van der Waals surface area contributed by atoms with Crippen molar-refractivity contribution < 1.29 is 28.7 Å². The summed E-state index contributed by atoms with van der Waals surface area (Å²) in [6.45, 7) is 10.3. The van der Waals surface area contributed by atoms with Crippen molar-refractivity contribution >= 4 is 36.5 Å². The molecule has 10 heteroatoms. The maximum absolute atomic E-state index is 14.0. The molecular formula is C32H41N3O6S. The molecule has 3 unspecified atom stereocenters. The van der Waals surface area contributed by atoms with Crippen LogP contribution in [-0.4, -0.2) is 64.9 Å². The number of ether oxygens (including phenoxy) is 2. The zero-order valence-corrected chi connectivity index (χ0v) is 26.2. The van der Waals surface area contributed by atoms with Gasteiger partial charge in [-0.1, -0.05) is 54.5 Å². The number of amides is 3. The summed E-state index contributed by atoms with van der Waals surface area (Å²) in [6, 6.07) is 12.4. The van der Waals surface area contributed by atoms with Crippen LogP contribution in [0.4, 0.5) is 4.79 Å². The van der Waals surface area contributed by atoms with Crippen LogP contribution < -0.4 is 10.6 Å². The summed E-state index contributed by atoms with van der Waals surface area (Å²) in [4.78, 5) is 54.6. The Morgan fingerprint density at radius 1 is 0.881 bits per heavy atom. The Morgan fingerprint density at radius 3 is 2.00 bits per heavy atom. The van der Waals surface area contributed by atoms with Gasteiger partial charge in [0.25, 0.3) is 0 Å². The molecule has 0 saturated heterocycles. The number of hydrogen-bond donors (Lipinski definition) is 3. The highest BCUT2D eigenvalue weighted by Crippen LogP contribution is 2.25. The minimum absolute atomic E-state index is 0.0674. The molecule has 3 atom stereocenters. The summed E-state index contributed by atoms with van der Waals surface area (Å²) in [6.07, 6.45) is 5.10. The van der Waals surface area contributed by atoms with Gasteiger partial charge in [-0.05, 0) is 58.7 Å². The van der Waals surface area contributed by atoms with Crippen molar-refractivity contribution in [2.45, 2.75) is 77.3 Å². The summed E-state index contributed by atoms with van der Waals surface area (Å²) < 4.78 is 10.9. The van der Waals surface area contributed by atoms with Crippen molar-refractivity contribution in [3.05, 3.63) is 71.3 Å². The van der Waals surface area contributed by atoms with Crippen molar-refractivity contribution in [1.29, 1.82) is 0 Å². The lowest BCUT2D eigenvalue weighted by atomic mass is 9.97. The fourth-order valence-corrected chi connectivity index (χ4v) is 4.32. The molecule has 2 N–H and O–H groups in total. The molecule has 0 fully saturated rings. The first-order valence-corrected chi connectivity index (χ1v) is 14.2. The zero-order valence-electron chi connectivity index (χ0n) is 25.3. The van der Waals surface area contributed by atoms with E-state index in [0.717, 1.165) is 5.56 Å². The second kappa shape index (κ2) is 14.8. The molecule has 0 bridgehead atoms. The molecule has 0 aromatic heterocycles. The van der Waals surface area contributed by atoms with E-state index in [1.54, 1.807) is 65.8 Å². The summed E-state index contributed by atoms with van der Waals surface area (Å²) in [5.41, 5.74) is -0.0335. The average molecular weight is 596 g/mol. The van der Waals surface area contributed by atoms with Crippen molar-refractivity contribution in [3.63, 3.8) is 0 Å². The minimum Gasteiger partial charge on any atom is -0.458 e. The van der Waals surface area contributed by atoms with Gasteiger partial charge in [-0.3, -0.25) is 9.59 Å². The molecule has 2 rings (SSSR count). The number of likely N-dealkylation sites (N-methyl/N-ethyl adjacent to an activating group) is 1. The Kier molecular flexibility index (Phi) is 12.0. The van der Waals surface area contributed by atoms with Crippen LogP contribution >= 0.6 is 12.6 Å². The first kappa shape index (κ1) is 34.2. The van der Waals surface area contributed by atoms with Crippen molar-refractivity contribution in [2.75, 3.05) is 12.8 Å². The van der Waals surface area contributed by atoms with E-state index in [1.165, 1.54) is 11.9 Å². The molecule has 3 amide bonds. The first-order chi connectivity index (χ1) is 19.6. The molecule has 226 valence electrons. The third-order valence-corrected chi connectivity index (χ3v) is 6.22. The van der Waals surface area contributed by atoms with Gasteiger partial charge in [0.15, 0.2) is 0 Å². The van der Waals surface area contributed by atoms with Gasteiger partial charge in [0.1, 0.15) is 29.3 Å². The summed E-state index contributed by atoms with van der Waals surface area (Å²) in [5, 5.41) is 5.32. The second-order valence-electron chi connectivity index (χ2n) is 11.7. The number of alkyl carbamates (subject to hydrolysis) is 1. The Bertz CT molecular complexity index is 1290. The predicted molar refractivity (Wildman–Crippen MR) is 165 cm³/mol. The van der Waals surface area contributed by atoms with Crippen LogP contribution in [0.25, 0.3) is 0 Å². The highest BCUT2D eigenvalue weighted by Gasteiger charge is 2.37. The Morgan fingerprint density at radius 2 is 1.45 bits per heavy atom. The topological polar surface area (TPSA) is 114 Å².